The highest BCUT2D eigenvalue weighted by atomic mass is 32.2. The van der Waals surface area contributed by atoms with Crippen LogP contribution < -0.4 is 5.32 Å². The van der Waals surface area contributed by atoms with Crippen molar-refractivity contribution in [3.63, 3.8) is 0 Å². The summed E-state index contributed by atoms with van der Waals surface area (Å²) in [4.78, 5) is 0. The van der Waals surface area contributed by atoms with Gasteiger partial charge in [-0.2, -0.15) is 5.10 Å². The molecule has 0 radical (unpaired) electrons. The molecule has 0 unspecified atom stereocenters. The van der Waals surface area contributed by atoms with Gasteiger partial charge in [0.15, 0.2) is 9.84 Å². The van der Waals surface area contributed by atoms with Crippen molar-refractivity contribution < 1.29 is 8.42 Å². The second-order valence-corrected chi connectivity index (χ2v) is 9.05. The first kappa shape index (κ1) is 17.2. The smallest absolute Gasteiger partial charge is 0.156 e. The van der Waals surface area contributed by atoms with Gasteiger partial charge in [-0.15, -0.1) is 0 Å². The maximum Gasteiger partial charge on any atom is 0.156 e. The monoisotopic (exact) mass is 301 g/mol. The normalized spacial score (nSPS) is 12.8. The summed E-state index contributed by atoms with van der Waals surface area (Å²) in [5.41, 5.74) is 2.20. The second-order valence-electron chi connectivity index (χ2n) is 6.19. The lowest BCUT2D eigenvalue weighted by Crippen LogP contribution is -2.35. The Morgan fingerprint density at radius 2 is 1.90 bits per heavy atom. The molecule has 1 N–H and O–H groups in total. The van der Waals surface area contributed by atoms with Crippen LogP contribution in [-0.4, -0.2) is 41.8 Å². The van der Waals surface area contributed by atoms with Gasteiger partial charge in [0.1, 0.15) is 0 Å². The van der Waals surface area contributed by atoms with Crippen molar-refractivity contribution >= 4 is 9.84 Å². The summed E-state index contributed by atoms with van der Waals surface area (Å²) in [6.45, 7) is 11.4. The van der Waals surface area contributed by atoms with Crippen LogP contribution in [-0.2, 0) is 16.4 Å². The van der Waals surface area contributed by atoms with E-state index >= 15 is 0 Å². The molecule has 0 aliphatic rings. The Kier molecular flexibility index (Phi) is 5.77. The van der Waals surface area contributed by atoms with Gasteiger partial charge >= 0.3 is 0 Å². The van der Waals surface area contributed by atoms with Crippen molar-refractivity contribution in [1.29, 1.82) is 0 Å². The van der Waals surface area contributed by atoms with Crippen molar-refractivity contribution in [2.24, 2.45) is 0 Å². The third-order valence-electron chi connectivity index (χ3n) is 3.31. The number of rotatable bonds is 7. The first-order chi connectivity index (χ1) is 9.13. The average Bonchev–Trinajstić information content (AvgIpc) is 2.60. The third kappa shape index (κ3) is 4.90. The Morgan fingerprint density at radius 3 is 2.40 bits per heavy atom. The van der Waals surface area contributed by atoms with Crippen molar-refractivity contribution in [1.82, 2.24) is 15.1 Å². The van der Waals surface area contributed by atoms with Crippen molar-refractivity contribution in [2.45, 2.75) is 52.3 Å². The Balaban J connectivity index is 2.22. The topological polar surface area (TPSA) is 64.0 Å². The zero-order valence-corrected chi connectivity index (χ0v) is 14.0. The maximum atomic E-state index is 11.9. The number of hydrogen-bond donors (Lipinski definition) is 1. The molecule has 0 saturated carbocycles. The molecule has 1 aromatic rings. The van der Waals surface area contributed by atoms with Crippen LogP contribution in [0.4, 0.5) is 0 Å². The van der Waals surface area contributed by atoms with Crippen LogP contribution in [0.3, 0.4) is 0 Å². The first-order valence-electron chi connectivity index (χ1n) is 7.07. The SMILES string of the molecule is Cc1cc(C)n(CCCNCCS(=O)(=O)C(C)(C)C)n1. The molecule has 0 fully saturated rings. The number of nitrogens with one attached hydrogen (secondary N) is 1. The molecule has 0 aliphatic carbocycles. The largest absolute Gasteiger partial charge is 0.316 e. The van der Waals surface area contributed by atoms with E-state index in [1.54, 1.807) is 20.8 Å². The molecule has 0 atom stereocenters. The zero-order chi connectivity index (χ0) is 15.4. The Hall–Kier alpha value is -0.880. The van der Waals surface area contributed by atoms with Gasteiger partial charge < -0.3 is 5.32 Å². The predicted octanol–water partition coefficient (Wildman–Crippen LogP) is 1.69. The molecule has 6 heteroatoms. The quantitative estimate of drug-likeness (QED) is 0.779. The van der Waals surface area contributed by atoms with Crippen LogP contribution in [0.1, 0.15) is 38.6 Å². The molecule has 20 heavy (non-hydrogen) atoms. The van der Waals surface area contributed by atoms with E-state index in [-0.39, 0.29) is 5.75 Å². The Morgan fingerprint density at radius 1 is 1.25 bits per heavy atom. The summed E-state index contributed by atoms with van der Waals surface area (Å²) in [6, 6.07) is 2.06. The van der Waals surface area contributed by atoms with Crippen LogP contribution in [0.15, 0.2) is 6.07 Å². The van der Waals surface area contributed by atoms with Crippen molar-refractivity contribution in [3.05, 3.63) is 17.5 Å². The van der Waals surface area contributed by atoms with E-state index < -0.39 is 14.6 Å². The van der Waals surface area contributed by atoms with Crippen molar-refractivity contribution in [3.8, 4) is 0 Å². The molecule has 0 aliphatic heterocycles. The lowest BCUT2D eigenvalue weighted by molar-refractivity contribution is 0.531. The average molecular weight is 301 g/mol. The predicted molar refractivity (Wildman–Crippen MR) is 82.7 cm³/mol. The number of sulfone groups is 1. The van der Waals surface area contributed by atoms with E-state index in [2.05, 4.69) is 16.5 Å². The zero-order valence-electron chi connectivity index (χ0n) is 13.2. The minimum Gasteiger partial charge on any atom is -0.316 e. The number of aryl methyl sites for hydroxylation is 3. The maximum absolute atomic E-state index is 11.9. The Bertz CT molecular complexity index is 527. The fourth-order valence-corrected chi connectivity index (χ4v) is 2.92. The molecule has 116 valence electrons. The van der Waals surface area contributed by atoms with Gasteiger partial charge in [-0.1, -0.05) is 0 Å². The molecule has 1 aromatic heterocycles. The van der Waals surface area contributed by atoms with Gasteiger partial charge in [-0.25, -0.2) is 8.42 Å². The highest BCUT2D eigenvalue weighted by Gasteiger charge is 2.27. The Labute approximate surface area is 122 Å². The molecular weight excluding hydrogens is 274 g/mol. The van der Waals surface area contributed by atoms with Gasteiger partial charge in [-0.05, 0) is 53.7 Å². The lowest BCUT2D eigenvalue weighted by atomic mass is 10.3. The van der Waals surface area contributed by atoms with E-state index in [9.17, 15) is 8.42 Å². The second kappa shape index (κ2) is 6.72. The van der Waals surface area contributed by atoms with Crippen LogP contribution in [0.25, 0.3) is 0 Å². The van der Waals surface area contributed by atoms with E-state index in [1.165, 1.54) is 0 Å². The molecular formula is C14H27N3O2S. The van der Waals surface area contributed by atoms with Gasteiger partial charge in [-0.3, -0.25) is 4.68 Å². The third-order valence-corrected chi connectivity index (χ3v) is 5.92. The van der Waals surface area contributed by atoms with Gasteiger partial charge in [0.05, 0.1) is 16.2 Å². The fraction of sp³-hybridized carbons (Fsp3) is 0.786. The fourth-order valence-electron chi connectivity index (χ4n) is 1.89. The van der Waals surface area contributed by atoms with Crippen LogP contribution in [0, 0.1) is 13.8 Å². The summed E-state index contributed by atoms with van der Waals surface area (Å²) < 4.78 is 25.1. The molecule has 1 heterocycles. The van der Waals surface area contributed by atoms with E-state index in [4.69, 9.17) is 0 Å². The number of nitrogens with zero attached hydrogens (tertiary/aromatic N) is 2. The highest BCUT2D eigenvalue weighted by molar-refractivity contribution is 7.92. The summed E-state index contributed by atoms with van der Waals surface area (Å²) in [6.07, 6.45) is 0.942. The van der Waals surface area contributed by atoms with Gasteiger partial charge in [0.25, 0.3) is 0 Å². The van der Waals surface area contributed by atoms with E-state index in [0.29, 0.717) is 6.54 Å². The molecule has 0 saturated heterocycles. The van der Waals surface area contributed by atoms with E-state index in [1.807, 2.05) is 18.5 Å². The minimum atomic E-state index is -3.02. The summed E-state index contributed by atoms with van der Waals surface area (Å²) in [5, 5.41) is 7.58. The summed E-state index contributed by atoms with van der Waals surface area (Å²) >= 11 is 0. The summed E-state index contributed by atoms with van der Waals surface area (Å²) in [7, 11) is -3.02. The minimum absolute atomic E-state index is 0.191. The summed E-state index contributed by atoms with van der Waals surface area (Å²) in [5.74, 6) is 0.191. The molecule has 0 aromatic carbocycles. The van der Waals surface area contributed by atoms with E-state index in [0.717, 1.165) is 30.9 Å². The lowest BCUT2D eigenvalue weighted by Gasteiger charge is -2.19. The molecule has 0 bridgehead atoms. The highest BCUT2D eigenvalue weighted by Crippen LogP contribution is 2.15. The molecule has 1 rings (SSSR count). The molecule has 0 amide bonds. The number of hydrogen-bond acceptors (Lipinski definition) is 4. The molecule has 0 spiro atoms. The van der Waals surface area contributed by atoms with Crippen molar-refractivity contribution in [2.75, 3.05) is 18.8 Å². The standard InChI is InChI=1S/C14H27N3O2S/c1-12-11-13(2)17(16-12)9-6-7-15-8-10-20(18,19)14(3,4)5/h11,15H,6-10H2,1-5H3. The van der Waals surface area contributed by atoms with Gasteiger partial charge in [0, 0.05) is 18.8 Å². The molecule has 5 nitrogen and oxygen atoms in total. The van der Waals surface area contributed by atoms with Crippen LogP contribution >= 0.6 is 0 Å². The van der Waals surface area contributed by atoms with Crippen LogP contribution in [0.5, 0.6) is 0 Å². The van der Waals surface area contributed by atoms with Gasteiger partial charge in [0.2, 0.25) is 0 Å². The first-order valence-corrected chi connectivity index (χ1v) is 8.73. The van der Waals surface area contributed by atoms with Crippen LogP contribution in [0.2, 0.25) is 0 Å². The number of aromatic nitrogens is 2.